The monoisotopic (exact) mass is 799 g/mol. The fourth-order valence-electron chi connectivity index (χ4n) is 5.34. The molecule has 0 fully saturated rings. The van der Waals surface area contributed by atoms with Crippen LogP contribution < -0.4 is 48.7 Å². The Balaban J connectivity index is 5.81. The molecule has 7 unspecified atom stereocenters. The second-order valence-corrected chi connectivity index (χ2v) is 15.6. The molecule has 0 heterocycles. The zero-order valence-corrected chi connectivity index (χ0v) is 34.0. The van der Waals surface area contributed by atoms with Crippen molar-refractivity contribution in [2.75, 3.05) is 13.2 Å². The summed E-state index contributed by atoms with van der Waals surface area (Å²) in [6.07, 6.45) is 0.128. The highest BCUT2D eigenvalue weighted by Gasteiger charge is 2.33. The van der Waals surface area contributed by atoms with E-state index in [9.17, 15) is 48.3 Å². The van der Waals surface area contributed by atoms with Gasteiger partial charge in [-0.15, -0.1) is 0 Å². The van der Waals surface area contributed by atoms with Crippen LogP contribution in [-0.4, -0.2) is 119 Å². The number of hydrogen-bond donors (Lipinski definition) is 11. The minimum Gasteiger partial charge on any atom is -0.480 e. The van der Waals surface area contributed by atoms with Crippen molar-refractivity contribution in [1.82, 2.24) is 37.2 Å². The lowest BCUT2D eigenvalue weighted by atomic mass is 9.98. The molecule has 0 aliphatic heterocycles. The summed E-state index contributed by atoms with van der Waals surface area (Å²) in [6, 6.07) is -8.75. The SMILES string of the molecule is CC(C)CC(N)C(=O)NC(CC(C)C)C(=O)NC(CC(C)C)C(=O)NC(CC(N)=O)C(=O)NCC(=O)NC(CO)C(=O)NC(CC(C)C)C(=O)NC(C)C(=O)O. The maximum Gasteiger partial charge on any atom is 0.325 e. The van der Waals surface area contributed by atoms with Gasteiger partial charge in [-0.25, -0.2) is 0 Å². The third kappa shape index (κ3) is 20.7. The number of aliphatic hydroxyl groups excluding tert-OH is 1. The van der Waals surface area contributed by atoms with E-state index < -0.39 is 115 Å². The van der Waals surface area contributed by atoms with Crippen molar-refractivity contribution in [2.24, 2.45) is 35.1 Å². The highest BCUT2D eigenvalue weighted by molar-refractivity contribution is 5.98. The smallest absolute Gasteiger partial charge is 0.325 e. The van der Waals surface area contributed by atoms with Crippen molar-refractivity contribution in [1.29, 1.82) is 0 Å². The predicted molar refractivity (Wildman–Crippen MR) is 205 cm³/mol. The first kappa shape index (κ1) is 51.1. The van der Waals surface area contributed by atoms with Gasteiger partial charge in [0.25, 0.3) is 0 Å². The maximum absolute atomic E-state index is 13.5. The Morgan fingerprint density at radius 1 is 0.500 bits per heavy atom. The van der Waals surface area contributed by atoms with Crippen LogP contribution in [0.1, 0.15) is 94.4 Å². The van der Waals surface area contributed by atoms with Crippen molar-refractivity contribution in [3.05, 3.63) is 0 Å². The molecule has 7 atom stereocenters. The lowest BCUT2D eigenvalue weighted by Gasteiger charge is -2.27. The molecular formula is C36H65N9O11. The molecule has 0 aromatic rings. The number of amides is 8. The molecule has 0 aromatic heterocycles. The molecule has 0 saturated carbocycles. The molecule has 13 N–H and O–H groups in total. The number of aliphatic carboxylic acids is 1. The zero-order chi connectivity index (χ0) is 43.4. The van der Waals surface area contributed by atoms with Crippen LogP contribution in [0.4, 0.5) is 0 Å². The van der Waals surface area contributed by atoms with Crippen LogP contribution in [0.5, 0.6) is 0 Å². The summed E-state index contributed by atoms with van der Waals surface area (Å²) in [5, 5.41) is 35.7. The number of nitrogens with two attached hydrogens (primary N) is 2. The lowest BCUT2D eigenvalue weighted by molar-refractivity contribution is -0.142. The topological polar surface area (TPSA) is 330 Å². The summed E-state index contributed by atoms with van der Waals surface area (Å²) in [5.74, 6) is -8.24. The molecule has 0 aliphatic rings. The number of hydrogen-bond acceptors (Lipinski definition) is 11. The van der Waals surface area contributed by atoms with Crippen LogP contribution in [0.25, 0.3) is 0 Å². The van der Waals surface area contributed by atoms with Crippen LogP contribution in [0.15, 0.2) is 0 Å². The van der Waals surface area contributed by atoms with Crippen molar-refractivity contribution in [3.8, 4) is 0 Å². The molecular weight excluding hydrogens is 734 g/mol. The fourth-order valence-corrected chi connectivity index (χ4v) is 5.34. The number of primary amides is 1. The van der Waals surface area contributed by atoms with Gasteiger partial charge in [-0.2, -0.15) is 0 Å². The van der Waals surface area contributed by atoms with E-state index >= 15 is 0 Å². The summed E-state index contributed by atoms with van der Waals surface area (Å²) in [4.78, 5) is 114. The largest absolute Gasteiger partial charge is 0.480 e. The van der Waals surface area contributed by atoms with Gasteiger partial charge in [-0.3, -0.25) is 43.2 Å². The summed E-state index contributed by atoms with van der Waals surface area (Å²) in [5.41, 5.74) is 11.4. The highest BCUT2D eigenvalue weighted by Crippen LogP contribution is 2.11. The van der Waals surface area contributed by atoms with Crippen LogP contribution in [-0.2, 0) is 43.2 Å². The van der Waals surface area contributed by atoms with Crippen LogP contribution in [0.3, 0.4) is 0 Å². The van der Waals surface area contributed by atoms with Gasteiger partial charge in [0.2, 0.25) is 47.3 Å². The van der Waals surface area contributed by atoms with Gasteiger partial charge in [-0.1, -0.05) is 55.4 Å². The van der Waals surface area contributed by atoms with Crippen LogP contribution >= 0.6 is 0 Å². The summed E-state index contributed by atoms with van der Waals surface area (Å²) < 4.78 is 0. The Morgan fingerprint density at radius 2 is 0.875 bits per heavy atom. The Morgan fingerprint density at radius 3 is 1.25 bits per heavy atom. The molecule has 0 spiro atoms. The van der Waals surface area contributed by atoms with Gasteiger partial charge in [-0.05, 0) is 56.3 Å². The Bertz CT molecular complexity index is 1370. The maximum atomic E-state index is 13.5. The first-order valence-corrected chi connectivity index (χ1v) is 18.8. The first-order valence-electron chi connectivity index (χ1n) is 18.8. The van der Waals surface area contributed by atoms with E-state index in [1.807, 2.05) is 27.7 Å². The minimum absolute atomic E-state index is 0.0321. The van der Waals surface area contributed by atoms with E-state index in [0.29, 0.717) is 6.42 Å². The van der Waals surface area contributed by atoms with E-state index in [4.69, 9.17) is 16.6 Å². The number of aliphatic hydroxyl groups is 1. The summed E-state index contributed by atoms with van der Waals surface area (Å²) in [7, 11) is 0. The van der Waals surface area contributed by atoms with E-state index in [-0.39, 0.29) is 42.9 Å². The molecule has 0 rings (SSSR count). The number of carbonyl (C=O) groups is 9. The molecule has 0 aliphatic carbocycles. The fraction of sp³-hybridized carbons (Fsp3) is 0.750. The predicted octanol–water partition coefficient (Wildman–Crippen LogP) is -2.50. The first-order chi connectivity index (χ1) is 25.9. The normalized spacial score (nSPS) is 15.1. The van der Waals surface area contributed by atoms with E-state index in [0.717, 1.165) is 0 Å². The van der Waals surface area contributed by atoms with Crippen molar-refractivity contribution >= 4 is 53.2 Å². The number of nitrogens with one attached hydrogen (secondary N) is 7. The Labute approximate surface area is 328 Å². The Kier molecular flexibility index (Phi) is 23.1. The van der Waals surface area contributed by atoms with E-state index in [2.05, 4.69) is 37.2 Å². The van der Waals surface area contributed by atoms with Crippen molar-refractivity contribution in [2.45, 2.75) is 137 Å². The molecule has 56 heavy (non-hydrogen) atoms. The van der Waals surface area contributed by atoms with Crippen molar-refractivity contribution in [3.63, 3.8) is 0 Å². The molecule has 0 radical (unpaired) electrons. The lowest BCUT2D eigenvalue weighted by Crippen LogP contribution is -2.59. The van der Waals surface area contributed by atoms with Crippen LogP contribution in [0.2, 0.25) is 0 Å². The highest BCUT2D eigenvalue weighted by atomic mass is 16.4. The van der Waals surface area contributed by atoms with E-state index in [1.165, 1.54) is 6.92 Å². The second-order valence-electron chi connectivity index (χ2n) is 15.6. The molecule has 0 saturated heterocycles. The molecule has 20 heteroatoms. The molecule has 320 valence electrons. The quantitative estimate of drug-likeness (QED) is 0.0433. The third-order valence-electron chi connectivity index (χ3n) is 8.11. The van der Waals surface area contributed by atoms with Gasteiger partial charge in [0.05, 0.1) is 25.6 Å². The van der Waals surface area contributed by atoms with Gasteiger partial charge < -0.3 is 58.9 Å². The van der Waals surface area contributed by atoms with E-state index in [1.54, 1.807) is 27.7 Å². The minimum atomic E-state index is -1.60. The van der Waals surface area contributed by atoms with Gasteiger partial charge >= 0.3 is 5.97 Å². The number of carboxylic acid groups (broad SMARTS) is 1. The Hall–Kier alpha value is -4.85. The third-order valence-corrected chi connectivity index (χ3v) is 8.11. The average molecular weight is 800 g/mol. The summed E-state index contributed by atoms with van der Waals surface area (Å²) >= 11 is 0. The summed E-state index contributed by atoms with van der Waals surface area (Å²) in [6.45, 7) is 14.1. The number of rotatable bonds is 26. The number of carboxylic acids is 1. The average Bonchev–Trinajstić information content (AvgIpc) is 3.06. The second kappa shape index (κ2) is 25.3. The van der Waals surface area contributed by atoms with Gasteiger partial charge in [0.15, 0.2) is 0 Å². The van der Waals surface area contributed by atoms with Crippen molar-refractivity contribution < 1.29 is 53.4 Å². The molecule has 8 amide bonds. The molecule has 20 nitrogen and oxygen atoms in total. The zero-order valence-electron chi connectivity index (χ0n) is 34.0. The molecule has 0 bridgehead atoms. The molecule has 0 aromatic carbocycles. The standard InChI is InChI=1S/C36H65N9O11/c1-17(2)10-22(37)30(49)42-24(12-19(5)6)33(52)43-25(13-20(7)8)34(53)45-26(14-28(38)47)31(50)39-15-29(48)41-27(16-46)35(54)44-23(11-18(3)4)32(51)40-21(9)36(55)56/h17-27,46H,10-16,37H2,1-9H3,(H2,38,47)(H,39,50)(H,40,51)(H,41,48)(H,42,49)(H,43,52)(H,44,54)(H,45,53)(H,55,56). The van der Waals surface area contributed by atoms with Gasteiger partial charge in [0, 0.05) is 0 Å². The van der Waals surface area contributed by atoms with Crippen LogP contribution in [0, 0.1) is 23.7 Å². The number of carbonyl (C=O) groups excluding carboxylic acids is 8. The van der Waals surface area contributed by atoms with Gasteiger partial charge in [0.1, 0.15) is 36.3 Å².